The zero-order valence-electron chi connectivity index (χ0n) is 13.4. The molecule has 2 atom stereocenters. The Kier molecular flexibility index (Phi) is 4.62. The summed E-state index contributed by atoms with van der Waals surface area (Å²) in [5, 5.41) is 9.69. The molecule has 0 radical (unpaired) electrons. The van der Waals surface area contributed by atoms with Gasteiger partial charge in [-0.1, -0.05) is 54.6 Å². The van der Waals surface area contributed by atoms with Crippen LogP contribution in [-0.2, 0) is 20.7 Å². The molecule has 1 amide bonds. The van der Waals surface area contributed by atoms with Crippen LogP contribution in [0.5, 0.6) is 0 Å². The first kappa shape index (κ1) is 16.2. The zero-order chi connectivity index (χ0) is 17.1. The van der Waals surface area contributed by atoms with Crippen LogP contribution >= 0.6 is 0 Å². The first-order valence-corrected chi connectivity index (χ1v) is 7.82. The van der Waals surface area contributed by atoms with Crippen LogP contribution in [0.25, 0.3) is 0 Å². The lowest BCUT2D eigenvalue weighted by Gasteiger charge is -2.36. The molecular weight excluding hydrogens is 306 g/mol. The number of hydrogen-bond acceptors (Lipinski definition) is 3. The van der Waals surface area contributed by atoms with Gasteiger partial charge in [0.2, 0.25) is 0 Å². The van der Waals surface area contributed by atoms with Crippen molar-refractivity contribution in [3.8, 4) is 0 Å². The minimum Gasteiger partial charge on any atom is -0.479 e. The number of amides is 1. The number of hydrogen-bond donors (Lipinski definition) is 1. The van der Waals surface area contributed by atoms with Crippen LogP contribution in [-0.4, -0.2) is 35.5 Å². The van der Waals surface area contributed by atoms with E-state index in [-0.39, 0.29) is 5.91 Å². The topological polar surface area (TPSA) is 66.8 Å². The summed E-state index contributed by atoms with van der Waals surface area (Å²) in [5.74, 6) is -1.36. The summed E-state index contributed by atoms with van der Waals surface area (Å²) in [5.41, 5.74) is 2.36. The number of carbonyl (C=O) groups excluding carboxylic acids is 1. The van der Waals surface area contributed by atoms with Crippen molar-refractivity contribution >= 4 is 11.9 Å². The highest BCUT2D eigenvalue weighted by Crippen LogP contribution is 2.33. The van der Waals surface area contributed by atoms with Crippen LogP contribution in [0.1, 0.15) is 28.8 Å². The SMILES string of the molecule is COC(C(=O)N1CCc2ccccc2C1C(=O)O)c1ccccc1. The van der Waals surface area contributed by atoms with E-state index in [2.05, 4.69) is 0 Å². The summed E-state index contributed by atoms with van der Waals surface area (Å²) in [7, 11) is 1.46. The number of carboxylic acid groups (broad SMARTS) is 1. The van der Waals surface area contributed by atoms with E-state index >= 15 is 0 Å². The molecule has 1 N–H and O–H groups in total. The Morgan fingerprint density at radius 1 is 1.12 bits per heavy atom. The Balaban J connectivity index is 1.95. The molecular formula is C19H19NO4. The third-order valence-corrected chi connectivity index (χ3v) is 4.36. The Morgan fingerprint density at radius 3 is 2.46 bits per heavy atom. The maximum Gasteiger partial charge on any atom is 0.331 e. The highest BCUT2D eigenvalue weighted by atomic mass is 16.5. The number of rotatable bonds is 4. The zero-order valence-corrected chi connectivity index (χ0v) is 13.4. The van der Waals surface area contributed by atoms with E-state index in [1.165, 1.54) is 12.0 Å². The Morgan fingerprint density at radius 2 is 1.79 bits per heavy atom. The molecule has 0 bridgehead atoms. The van der Waals surface area contributed by atoms with E-state index in [9.17, 15) is 14.7 Å². The lowest BCUT2D eigenvalue weighted by atomic mass is 9.91. The van der Waals surface area contributed by atoms with Gasteiger partial charge in [0.1, 0.15) is 0 Å². The maximum absolute atomic E-state index is 13.0. The summed E-state index contributed by atoms with van der Waals surface area (Å²) < 4.78 is 5.38. The predicted octanol–water partition coefficient (Wildman–Crippen LogP) is 2.58. The number of ether oxygens (including phenoxy) is 1. The number of methoxy groups -OCH3 is 1. The van der Waals surface area contributed by atoms with Gasteiger partial charge in [-0.25, -0.2) is 4.79 Å². The number of nitrogens with zero attached hydrogens (tertiary/aromatic N) is 1. The van der Waals surface area contributed by atoms with Crippen LogP contribution in [0, 0.1) is 0 Å². The first-order valence-electron chi connectivity index (χ1n) is 7.82. The van der Waals surface area contributed by atoms with Crippen LogP contribution in [0.15, 0.2) is 54.6 Å². The molecule has 0 spiro atoms. The van der Waals surface area contributed by atoms with Crippen molar-refractivity contribution in [2.75, 3.05) is 13.7 Å². The molecule has 0 saturated heterocycles. The molecule has 0 fully saturated rings. The largest absolute Gasteiger partial charge is 0.479 e. The van der Waals surface area contributed by atoms with Gasteiger partial charge in [0.15, 0.2) is 12.1 Å². The molecule has 5 heteroatoms. The predicted molar refractivity (Wildman–Crippen MR) is 88.4 cm³/mol. The third kappa shape index (κ3) is 2.90. The van der Waals surface area contributed by atoms with Gasteiger partial charge < -0.3 is 14.7 Å². The van der Waals surface area contributed by atoms with Gasteiger partial charge in [-0.2, -0.15) is 0 Å². The molecule has 24 heavy (non-hydrogen) atoms. The van der Waals surface area contributed by atoms with Crippen molar-refractivity contribution in [2.24, 2.45) is 0 Å². The minimum absolute atomic E-state index is 0.328. The fourth-order valence-corrected chi connectivity index (χ4v) is 3.23. The Bertz CT molecular complexity index is 744. The van der Waals surface area contributed by atoms with Gasteiger partial charge in [0.05, 0.1) is 0 Å². The summed E-state index contributed by atoms with van der Waals surface area (Å²) >= 11 is 0. The quantitative estimate of drug-likeness (QED) is 0.938. The number of carbonyl (C=O) groups is 2. The molecule has 0 aromatic heterocycles. The van der Waals surface area contributed by atoms with E-state index in [1.807, 2.05) is 30.3 Å². The average molecular weight is 325 g/mol. The third-order valence-electron chi connectivity index (χ3n) is 4.36. The van der Waals surface area contributed by atoms with Crippen LogP contribution in [0.4, 0.5) is 0 Å². The van der Waals surface area contributed by atoms with Gasteiger partial charge in [0, 0.05) is 13.7 Å². The normalized spacial score (nSPS) is 17.9. The lowest BCUT2D eigenvalue weighted by molar-refractivity contribution is -0.156. The van der Waals surface area contributed by atoms with Crippen LogP contribution in [0.2, 0.25) is 0 Å². The molecule has 3 rings (SSSR count). The van der Waals surface area contributed by atoms with E-state index in [4.69, 9.17) is 4.74 Å². The summed E-state index contributed by atoms with van der Waals surface area (Å²) in [4.78, 5) is 26.2. The van der Waals surface area contributed by atoms with Crippen molar-refractivity contribution in [2.45, 2.75) is 18.6 Å². The summed E-state index contributed by atoms with van der Waals surface area (Å²) in [6, 6.07) is 15.5. The number of benzene rings is 2. The minimum atomic E-state index is -1.03. The summed E-state index contributed by atoms with van der Waals surface area (Å²) in [6.45, 7) is 0.361. The number of aliphatic carboxylic acids is 1. The van der Waals surface area contributed by atoms with Gasteiger partial charge in [-0.05, 0) is 23.1 Å². The molecule has 124 valence electrons. The van der Waals surface area contributed by atoms with Gasteiger partial charge in [0.25, 0.3) is 5.91 Å². The first-order chi connectivity index (χ1) is 11.6. The fraction of sp³-hybridized carbons (Fsp3) is 0.263. The van der Waals surface area contributed by atoms with Crippen molar-refractivity contribution in [1.82, 2.24) is 4.90 Å². The highest BCUT2D eigenvalue weighted by molar-refractivity contribution is 5.88. The smallest absolute Gasteiger partial charge is 0.331 e. The van der Waals surface area contributed by atoms with Crippen LogP contribution in [0.3, 0.4) is 0 Å². The van der Waals surface area contributed by atoms with E-state index in [1.54, 1.807) is 24.3 Å². The second-order valence-corrected chi connectivity index (χ2v) is 5.75. The Hall–Kier alpha value is -2.66. The standard InChI is InChI=1S/C19H19NO4/c1-24-17(14-8-3-2-4-9-14)18(21)20-12-11-13-7-5-6-10-15(13)16(20)19(22)23/h2-10,16-17H,11-12H2,1H3,(H,22,23). The second kappa shape index (κ2) is 6.84. The maximum atomic E-state index is 13.0. The van der Waals surface area contributed by atoms with Crippen molar-refractivity contribution in [3.63, 3.8) is 0 Å². The van der Waals surface area contributed by atoms with Crippen LogP contribution < -0.4 is 0 Å². The number of fused-ring (bicyclic) bond motifs is 1. The molecule has 0 saturated carbocycles. The molecule has 1 aliphatic heterocycles. The summed E-state index contributed by atoms with van der Waals surface area (Å²) in [6.07, 6.45) is -0.171. The van der Waals surface area contributed by atoms with Gasteiger partial charge in [-0.15, -0.1) is 0 Å². The van der Waals surface area contributed by atoms with Gasteiger partial charge in [-0.3, -0.25) is 4.79 Å². The fourth-order valence-electron chi connectivity index (χ4n) is 3.23. The Labute approximate surface area is 140 Å². The van der Waals surface area contributed by atoms with Crippen molar-refractivity contribution < 1.29 is 19.4 Å². The average Bonchev–Trinajstić information content (AvgIpc) is 2.62. The van der Waals surface area contributed by atoms with Crippen molar-refractivity contribution in [3.05, 3.63) is 71.3 Å². The van der Waals surface area contributed by atoms with E-state index in [0.29, 0.717) is 24.1 Å². The molecule has 0 aliphatic carbocycles. The molecule has 2 unspecified atom stereocenters. The van der Waals surface area contributed by atoms with Gasteiger partial charge >= 0.3 is 5.97 Å². The monoisotopic (exact) mass is 325 g/mol. The molecule has 1 aliphatic rings. The van der Waals surface area contributed by atoms with E-state index < -0.39 is 18.1 Å². The van der Waals surface area contributed by atoms with Crippen molar-refractivity contribution in [1.29, 1.82) is 0 Å². The molecule has 1 heterocycles. The second-order valence-electron chi connectivity index (χ2n) is 5.75. The lowest BCUT2D eigenvalue weighted by Crippen LogP contribution is -2.45. The highest BCUT2D eigenvalue weighted by Gasteiger charge is 2.38. The van der Waals surface area contributed by atoms with E-state index in [0.717, 1.165) is 5.56 Å². The molecule has 2 aromatic rings. The molecule has 2 aromatic carbocycles. The number of carboxylic acids is 1. The molecule has 5 nitrogen and oxygen atoms in total.